The summed E-state index contributed by atoms with van der Waals surface area (Å²) < 4.78 is 15.1. The van der Waals surface area contributed by atoms with E-state index in [-0.39, 0.29) is 0 Å². The van der Waals surface area contributed by atoms with Crippen LogP contribution in [0, 0.1) is 0 Å². The summed E-state index contributed by atoms with van der Waals surface area (Å²) in [7, 11) is 0. The maximum absolute atomic E-state index is 5.19. The van der Waals surface area contributed by atoms with Crippen LogP contribution >= 0.6 is 34.0 Å². The summed E-state index contributed by atoms with van der Waals surface area (Å²) in [4.78, 5) is 30.7. The second-order valence-electron chi connectivity index (χ2n) is 36.6. The third-order valence-electron chi connectivity index (χ3n) is 28.3. The molecular formula is C132H81N9S3. The first-order valence-electron chi connectivity index (χ1n) is 48.5. The van der Waals surface area contributed by atoms with E-state index in [1.165, 1.54) is 159 Å². The Morgan fingerprint density at radius 2 is 0.451 bits per heavy atom. The van der Waals surface area contributed by atoms with E-state index in [4.69, 9.17) is 29.9 Å². The highest BCUT2D eigenvalue weighted by atomic mass is 32.1. The molecule has 672 valence electrons. The van der Waals surface area contributed by atoms with E-state index in [1.807, 2.05) is 70.4 Å². The van der Waals surface area contributed by atoms with Crippen LogP contribution in [-0.4, -0.2) is 43.6 Å². The molecule has 0 unspecified atom stereocenters. The van der Waals surface area contributed by atoms with Crippen LogP contribution in [-0.2, 0) is 0 Å². The van der Waals surface area contributed by atoms with Crippen LogP contribution in [0.5, 0.6) is 0 Å². The summed E-state index contributed by atoms with van der Waals surface area (Å²) in [5.74, 6) is 2.16. The molecule has 0 bridgehead atoms. The summed E-state index contributed by atoms with van der Waals surface area (Å²) in [6.07, 6.45) is 0. The van der Waals surface area contributed by atoms with E-state index < -0.39 is 0 Å². The predicted octanol–water partition coefficient (Wildman–Crippen LogP) is 36.3. The van der Waals surface area contributed by atoms with Crippen molar-refractivity contribution < 1.29 is 0 Å². The molecule has 0 fully saturated rings. The molecule has 0 aliphatic carbocycles. The molecular weight excluding hydrogens is 1810 g/mol. The van der Waals surface area contributed by atoms with Crippen molar-refractivity contribution in [2.45, 2.75) is 0 Å². The van der Waals surface area contributed by atoms with Gasteiger partial charge in [0.1, 0.15) is 0 Å². The average Bonchev–Trinajstić information content (AvgIpc) is 1.56. The maximum atomic E-state index is 5.19. The number of hydrogen-bond donors (Lipinski definition) is 0. The molecule has 0 radical (unpaired) electrons. The minimum Gasteiger partial charge on any atom is -0.309 e. The molecule has 0 saturated carbocycles. The molecule has 9 nitrogen and oxygen atoms in total. The fourth-order valence-corrected chi connectivity index (χ4v) is 24.9. The van der Waals surface area contributed by atoms with E-state index in [1.54, 1.807) is 0 Å². The Labute approximate surface area is 839 Å². The van der Waals surface area contributed by atoms with Gasteiger partial charge in [0.05, 0.1) is 71.4 Å². The van der Waals surface area contributed by atoms with Gasteiger partial charge in [0, 0.05) is 155 Å². The van der Waals surface area contributed by atoms with E-state index >= 15 is 0 Å². The number of hydrogen-bond acceptors (Lipinski definition) is 9. The van der Waals surface area contributed by atoms with E-state index in [0.29, 0.717) is 0 Å². The molecule has 12 heteroatoms. The SMILES string of the molecule is c1ccc(-c2ccc(-c3nc(-c4ccc(-n5c6ccccc6c6cc7sc8ccccc8c7cc65)cc4)nc4ccccc34)cc2)cc1.c1ccc(-c2ccc(-c3nc(-c4ccc(-n5c6ccccc6c6ccc7c8ccccc8sc7c65)cc4)nc4ccccc34)cc2)cc1.c1ccc(-c2ccc(-c3nc(-c4ccc(-n5c6ccccc6c6ccc7sc8ccccc8c7c65)cc4)nc4ccccc34)cc2)cc1. The van der Waals surface area contributed by atoms with Gasteiger partial charge >= 0.3 is 0 Å². The number of benzene rings is 21. The molecule has 144 heavy (non-hydrogen) atoms. The van der Waals surface area contributed by atoms with Gasteiger partial charge in [-0.15, -0.1) is 34.0 Å². The summed E-state index contributed by atoms with van der Waals surface area (Å²) in [5, 5.41) is 18.6. The average molecular weight is 1890 g/mol. The van der Waals surface area contributed by atoms with Gasteiger partial charge in [-0.1, -0.05) is 346 Å². The molecule has 30 aromatic rings. The fourth-order valence-electron chi connectivity index (χ4n) is 21.4. The van der Waals surface area contributed by atoms with Gasteiger partial charge in [-0.05, 0) is 179 Å². The molecule has 21 aromatic carbocycles. The van der Waals surface area contributed by atoms with Gasteiger partial charge in [-0.3, -0.25) is 0 Å². The zero-order valence-corrected chi connectivity index (χ0v) is 80.0. The standard InChI is InChI=1S/3C44H27N3S/c1-2-10-28(11-3-1)29-18-20-30(21-19-29)43-35-14-4-7-15-38(35)45-44(46-43)31-22-24-32(25-23-31)47-39-16-8-5-12-33(39)36-27-42-37(26-40(36)47)34-13-6-9-17-41(34)48-42;1-2-10-28(11-3-1)29-18-20-30(21-19-29)41-37-14-4-7-15-38(37)45-44(46-41)31-22-24-32(25-23-31)47-39-16-8-5-12-33(39)35-26-27-36-34-13-6-9-17-40(34)48-43(36)42(35)47;1-2-10-28(11-3-1)29-18-20-30(21-19-29)42-35-13-4-7-15-37(35)45-44(46-42)31-22-24-32(25-23-31)47-38-16-8-5-12-33(38)34-26-27-40-41(43(34)47)36-14-6-9-17-39(36)48-40/h3*1-27H. The van der Waals surface area contributed by atoms with Crippen molar-refractivity contribution in [3.8, 4) is 118 Å². The second-order valence-corrected chi connectivity index (χ2v) is 39.8. The summed E-state index contributed by atoms with van der Waals surface area (Å²) in [6, 6.07) is 175. The minimum atomic E-state index is 0.718. The van der Waals surface area contributed by atoms with Crippen LogP contribution in [0.1, 0.15) is 0 Å². The number of rotatable bonds is 12. The lowest BCUT2D eigenvalue weighted by Crippen LogP contribution is -1.97. The van der Waals surface area contributed by atoms with Crippen molar-refractivity contribution >= 4 is 193 Å². The molecule has 0 amide bonds. The van der Waals surface area contributed by atoms with Crippen molar-refractivity contribution in [2.75, 3.05) is 0 Å². The monoisotopic (exact) mass is 1890 g/mol. The number of fused-ring (bicyclic) bond motifs is 23. The highest BCUT2D eigenvalue weighted by molar-refractivity contribution is 7.27. The van der Waals surface area contributed by atoms with Crippen molar-refractivity contribution in [2.24, 2.45) is 0 Å². The molecule has 0 saturated heterocycles. The van der Waals surface area contributed by atoms with Crippen molar-refractivity contribution in [3.63, 3.8) is 0 Å². The van der Waals surface area contributed by atoms with E-state index in [0.717, 1.165) is 118 Å². The molecule has 9 aromatic heterocycles. The predicted molar refractivity (Wildman–Crippen MR) is 609 cm³/mol. The fraction of sp³-hybridized carbons (Fsp3) is 0. The number of thiophene rings is 3. The summed E-state index contributed by atoms with van der Waals surface area (Å²) >= 11 is 5.60. The van der Waals surface area contributed by atoms with Crippen LogP contribution < -0.4 is 0 Å². The van der Waals surface area contributed by atoms with Crippen LogP contribution in [0.3, 0.4) is 0 Å². The van der Waals surface area contributed by atoms with Crippen LogP contribution in [0.4, 0.5) is 0 Å². The highest BCUT2D eigenvalue weighted by Gasteiger charge is 2.25. The number of nitrogens with zero attached hydrogens (tertiary/aromatic N) is 9. The topological polar surface area (TPSA) is 92.1 Å². The first-order chi connectivity index (χ1) is 71.4. The second kappa shape index (κ2) is 34.9. The smallest absolute Gasteiger partial charge is 0.160 e. The highest BCUT2D eigenvalue weighted by Crippen LogP contribution is 2.49. The zero-order chi connectivity index (χ0) is 94.8. The van der Waals surface area contributed by atoms with Crippen LogP contribution in [0.25, 0.3) is 277 Å². The Morgan fingerprint density at radius 1 is 0.153 bits per heavy atom. The number of aromatic nitrogens is 9. The van der Waals surface area contributed by atoms with Gasteiger partial charge in [0.25, 0.3) is 0 Å². The zero-order valence-electron chi connectivity index (χ0n) is 77.5. The summed E-state index contributed by atoms with van der Waals surface area (Å²) in [5.41, 5.74) is 29.6. The molecule has 0 aliphatic rings. The Balaban J connectivity index is 0.000000105. The molecule has 0 atom stereocenters. The molecule has 0 N–H and O–H groups in total. The van der Waals surface area contributed by atoms with Crippen molar-refractivity contribution in [1.29, 1.82) is 0 Å². The third kappa shape index (κ3) is 14.5. The largest absolute Gasteiger partial charge is 0.309 e. The van der Waals surface area contributed by atoms with Gasteiger partial charge in [-0.2, -0.15) is 0 Å². The van der Waals surface area contributed by atoms with Gasteiger partial charge in [-0.25, -0.2) is 29.9 Å². The Hall–Kier alpha value is -18.3. The van der Waals surface area contributed by atoms with E-state index in [9.17, 15) is 0 Å². The minimum absolute atomic E-state index is 0.718. The molecule has 30 rings (SSSR count). The van der Waals surface area contributed by atoms with Gasteiger partial charge in [0.15, 0.2) is 17.5 Å². The lowest BCUT2D eigenvalue weighted by Gasteiger charge is -2.12. The molecule has 0 aliphatic heterocycles. The quantitative estimate of drug-likeness (QED) is 0.121. The van der Waals surface area contributed by atoms with Gasteiger partial charge < -0.3 is 13.7 Å². The lowest BCUT2D eigenvalue weighted by atomic mass is 10.0. The Bertz CT molecular complexity index is 10300. The first kappa shape index (κ1) is 83.8. The third-order valence-corrected chi connectivity index (χ3v) is 31.7. The normalized spacial score (nSPS) is 11.8. The van der Waals surface area contributed by atoms with Crippen molar-refractivity contribution in [3.05, 3.63) is 491 Å². The first-order valence-corrected chi connectivity index (χ1v) is 51.0. The van der Waals surface area contributed by atoms with Crippen molar-refractivity contribution in [1.82, 2.24) is 43.6 Å². The lowest BCUT2D eigenvalue weighted by molar-refractivity contribution is 1.18. The summed E-state index contributed by atoms with van der Waals surface area (Å²) in [6.45, 7) is 0. The molecule has 9 heterocycles. The molecule has 0 spiro atoms. The van der Waals surface area contributed by atoms with Crippen LogP contribution in [0.2, 0.25) is 0 Å². The van der Waals surface area contributed by atoms with Crippen LogP contribution in [0.15, 0.2) is 491 Å². The Morgan fingerprint density at radius 3 is 0.896 bits per heavy atom. The Kier molecular flexibility index (Phi) is 20.3. The maximum Gasteiger partial charge on any atom is 0.160 e. The number of para-hydroxylation sites is 6. The van der Waals surface area contributed by atoms with E-state index in [2.05, 4.69) is 469 Å². The van der Waals surface area contributed by atoms with Gasteiger partial charge in [0.2, 0.25) is 0 Å².